The molecule has 1 rings (SSSR count). The minimum absolute atomic E-state index is 0.119. The number of rotatable bonds is 9. The van der Waals surface area contributed by atoms with Crippen LogP contribution in [0.3, 0.4) is 0 Å². The number of carbonyl (C=O) groups excluding carboxylic acids is 1. The van der Waals surface area contributed by atoms with Gasteiger partial charge in [0.2, 0.25) is 0 Å². The van der Waals surface area contributed by atoms with E-state index in [4.69, 9.17) is 9.47 Å². The number of nitrogens with one attached hydrogen (secondary N) is 1. The zero-order chi connectivity index (χ0) is 15.7. The summed E-state index contributed by atoms with van der Waals surface area (Å²) < 4.78 is 11.0. The average Bonchev–Trinajstić information content (AvgIpc) is 2.49. The van der Waals surface area contributed by atoms with Crippen LogP contribution in [-0.2, 0) is 9.53 Å². The molecule has 0 heterocycles. The fraction of sp³-hybridized carbons (Fsp3) is 0.588. The molecular weight excluding hydrogens is 266 g/mol. The van der Waals surface area contributed by atoms with Crippen molar-refractivity contribution in [3.05, 3.63) is 24.3 Å². The lowest BCUT2D eigenvalue weighted by atomic mass is 9.99. The smallest absolute Gasteiger partial charge is 0.256 e. The number of hydrogen-bond donors (Lipinski definition) is 1. The summed E-state index contributed by atoms with van der Waals surface area (Å²) in [6, 6.07) is 7.44. The molecule has 21 heavy (non-hydrogen) atoms. The monoisotopic (exact) mass is 293 g/mol. The molecule has 1 aromatic carbocycles. The van der Waals surface area contributed by atoms with E-state index in [1.54, 1.807) is 7.11 Å². The Labute approximate surface area is 127 Å². The van der Waals surface area contributed by atoms with E-state index in [1.165, 1.54) is 0 Å². The molecule has 0 aliphatic heterocycles. The molecule has 0 saturated heterocycles. The number of ether oxygens (including phenoxy) is 2. The Morgan fingerprint density at radius 3 is 2.38 bits per heavy atom. The zero-order valence-corrected chi connectivity index (χ0v) is 13.6. The summed E-state index contributed by atoms with van der Waals surface area (Å²) >= 11 is 0. The molecule has 0 aliphatic carbocycles. The number of benzene rings is 1. The van der Waals surface area contributed by atoms with Gasteiger partial charge in [-0.2, -0.15) is 0 Å². The highest BCUT2D eigenvalue weighted by atomic mass is 16.5. The Kier molecular flexibility index (Phi) is 7.23. The van der Waals surface area contributed by atoms with Crippen LogP contribution in [0, 0.1) is 0 Å². The largest absolute Gasteiger partial charge is 0.494 e. The first-order valence-electron chi connectivity index (χ1n) is 7.65. The van der Waals surface area contributed by atoms with Crippen LogP contribution in [0.25, 0.3) is 0 Å². The van der Waals surface area contributed by atoms with E-state index < -0.39 is 5.60 Å². The predicted octanol–water partition coefficient (Wildman–Crippen LogP) is 4.01. The van der Waals surface area contributed by atoms with Crippen LogP contribution >= 0.6 is 0 Å². The van der Waals surface area contributed by atoms with Crippen LogP contribution in [-0.4, -0.2) is 25.2 Å². The minimum atomic E-state index is -0.787. The van der Waals surface area contributed by atoms with Gasteiger partial charge in [-0.1, -0.05) is 26.7 Å². The van der Waals surface area contributed by atoms with Crippen LogP contribution < -0.4 is 10.1 Å². The Hall–Kier alpha value is -1.55. The van der Waals surface area contributed by atoms with Crippen molar-refractivity contribution in [3.8, 4) is 5.75 Å². The van der Waals surface area contributed by atoms with Gasteiger partial charge in [0, 0.05) is 12.8 Å². The summed E-state index contributed by atoms with van der Waals surface area (Å²) in [5.74, 6) is 0.705. The topological polar surface area (TPSA) is 47.6 Å². The van der Waals surface area contributed by atoms with E-state index in [0.29, 0.717) is 6.42 Å². The first-order chi connectivity index (χ1) is 10.1. The number of hydrogen-bond acceptors (Lipinski definition) is 3. The SMILES string of the molecule is CCCCOc1ccc(NC(=O)C(C)(CCC)OC)cc1. The Morgan fingerprint density at radius 1 is 1.19 bits per heavy atom. The third-order valence-corrected chi connectivity index (χ3v) is 3.54. The number of unbranched alkanes of at least 4 members (excludes halogenated alkanes) is 1. The van der Waals surface area contributed by atoms with E-state index in [0.717, 1.165) is 37.3 Å². The van der Waals surface area contributed by atoms with Crippen LogP contribution in [0.1, 0.15) is 46.5 Å². The average molecular weight is 293 g/mol. The van der Waals surface area contributed by atoms with Gasteiger partial charge in [0.05, 0.1) is 6.61 Å². The lowest BCUT2D eigenvalue weighted by molar-refractivity contribution is -0.136. The summed E-state index contributed by atoms with van der Waals surface area (Å²) in [5.41, 5.74) is -0.0346. The highest BCUT2D eigenvalue weighted by Crippen LogP contribution is 2.21. The van der Waals surface area contributed by atoms with E-state index >= 15 is 0 Å². The lowest BCUT2D eigenvalue weighted by Gasteiger charge is -2.26. The second-order valence-corrected chi connectivity index (χ2v) is 5.37. The quantitative estimate of drug-likeness (QED) is 0.700. The van der Waals surface area contributed by atoms with E-state index in [9.17, 15) is 4.79 Å². The molecule has 1 unspecified atom stereocenters. The highest BCUT2D eigenvalue weighted by molar-refractivity contribution is 5.97. The fourth-order valence-corrected chi connectivity index (χ4v) is 2.02. The fourth-order valence-electron chi connectivity index (χ4n) is 2.02. The van der Waals surface area contributed by atoms with E-state index in [-0.39, 0.29) is 5.91 Å². The molecule has 0 aromatic heterocycles. The van der Waals surface area contributed by atoms with Crippen LogP contribution in [0.5, 0.6) is 5.75 Å². The van der Waals surface area contributed by atoms with Gasteiger partial charge in [-0.15, -0.1) is 0 Å². The second kappa shape index (κ2) is 8.67. The van der Waals surface area contributed by atoms with Crippen molar-refractivity contribution in [2.75, 3.05) is 19.0 Å². The molecule has 4 nitrogen and oxygen atoms in total. The molecule has 0 saturated carbocycles. The Balaban J connectivity index is 2.60. The molecule has 118 valence electrons. The molecule has 1 atom stereocenters. The molecule has 1 amide bonds. The normalized spacial score (nSPS) is 13.5. The maximum Gasteiger partial charge on any atom is 0.256 e. The molecule has 0 bridgehead atoms. The number of carbonyl (C=O) groups is 1. The molecule has 0 aliphatic rings. The summed E-state index contributed by atoms with van der Waals surface area (Å²) in [4.78, 5) is 12.3. The minimum Gasteiger partial charge on any atom is -0.494 e. The molecule has 0 fully saturated rings. The molecule has 0 radical (unpaired) electrons. The van der Waals surface area contributed by atoms with Gasteiger partial charge in [-0.05, 0) is 44.0 Å². The predicted molar refractivity (Wildman–Crippen MR) is 85.8 cm³/mol. The molecule has 0 spiro atoms. The Morgan fingerprint density at radius 2 is 1.86 bits per heavy atom. The van der Waals surface area contributed by atoms with Crippen molar-refractivity contribution < 1.29 is 14.3 Å². The van der Waals surface area contributed by atoms with E-state index in [1.807, 2.05) is 38.1 Å². The number of methoxy groups -OCH3 is 1. The van der Waals surface area contributed by atoms with Crippen molar-refractivity contribution >= 4 is 11.6 Å². The lowest BCUT2D eigenvalue weighted by Crippen LogP contribution is -2.41. The van der Waals surface area contributed by atoms with Gasteiger partial charge >= 0.3 is 0 Å². The summed E-state index contributed by atoms with van der Waals surface area (Å²) in [5, 5.41) is 2.89. The van der Waals surface area contributed by atoms with Crippen LogP contribution in [0.15, 0.2) is 24.3 Å². The van der Waals surface area contributed by atoms with Crippen LogP contribution in [0.2, 0.25) is 0 Å². The summed E-state index contributed by atoms with van der Waals surface area (Å²) in [6.45, 7) is 6.70. The van der Waals surface area contributed by atoms with Gasteiger partial charge in [0.25, 0.3) is 5.91 Å². The van der Waals surface area contributed by atoms with Gasteiger partial charge in [0.1, 0.15) is 11.4 Å². The van der Waals surface area contributed by atoms with Gasteiger partial charge in [-0.3, -0.25) is 4.79 Å². The van der Waals surface area contributed by atoms with Crippen molar-refractivity contribution in [1.82, 2.24) is 0 Å². The molecule has 1 aromatic rings. The van der Waals surface area contributed by atoms with Crippen LogP contribution in [0.4, 0.5) is 5.69 Å². The first-order valence-corrected chi connectivity index (χ1v) is 7.65. The Bertz CT molecular complexity index is 430. The maximum atomic E-state index is 12.3. The van der Waals surface area contributed by atoms with Crippen molar-refractivity contribution in [3.63, 3.8) is 0 Å². The highest BCUT2D eigenvalue weighted by Gasteiger charge is 2.31. The maximum absolute atomic E-state index is 12.3. The summed E-state index contributed by atoms with van der Waals surface area (Å²) in [6.07, 6.45) is 3.73. The van der Waals surface area contributed by atoms with E-state index in [2.05, 4.69) is 12.2 Å². The third-order valence-electron chi connectivity index (χ3n) is 3.54. The van der Waals surface area contributed by atoms with Crippen molar-refractivity contribution in [1.29, 1.82) is 0 Å². The second-order valence-electron chi connectivity index (χ2n) is 5.37. The molecule has 1 N–H and O–H groups in total. The summed E-state index contributed by atoms with van der Waals surface area (Å²) in [7, 11) is 1.57. The van der Waals surface area contributed by atoms with Crippen molar-refractivity contribution in [2.24, 2.45) is 0 Å². The van der Waals surface area contributed by atoms with Crippen molar-refractivity contribution in [2.45, 2.75) is 52.1 Å². The number of amides is 1. The van der Waals surface area contributed by atoms with Gasteiger partial charge < -0.3 is 14.8 Å². The van der Waals surface area contributed by atoms with Gasteiger partial charge in [-0.25, -0.2) is 0 Å². The molecule has 4 heteroatoms. The third kappa shape index (κ3) is 5.38. The molecular formula is C17H27NO3. The standard InChI is InChI=1S/C17H27NO3/c1-5-7-13-21-15-10-8-14(9-11-15)18-16(19)17(3,20-4)12-6-2/h8-11H,5-7,12-13H2,1-4H3,(H,18,19). The number of anilines is 1. The zero-order valence-electron chi connectivity index (χ0n) is 13.6. The van der Waals surface area contributed by atoms with Gasteiger partial charge in [0.15, 0.2) is 0 Å². The first kappa shape index (κ1) is 17.5.